The van der Waals surface area contributed by atoms with Crippen LogP contribution in [0.3, 0.4) is 0 Å². The summed E-state index contributed by atoms with van der Waals surface area (Å²) in [5, 5.41) is 0. The molecule has 0 N–H and O–H groups in total. The highest BCUT2D eigenvalue weighted by Crippen LogP contribution is 2.20. The van der Waals surface area contributed by atoms with E-state index in [0.717, 1.165) is 19.3 Å². The number of rotatable bonds is 7. The molecule has 120 valence electrons. The van der Waals surface area contributed by atoms with Crippen LogP contribution in [0, 0.1) is 11.8 Å². The number of Topliss-reactive ketones (excluding diaryl/α,β-unsaturated/α-hetero) is 1. The molecule has 0 aromatic heterocycles. The van der Waals surface area contributed by atoms with Crippen LogP contribution >= 0.6 is 0 Å². The van der Waals surface area contributed by atoms with E-state index in [0.29, 0.717) is 19.8 Å². The molecule has 0 aliphatic carbocycles. The summed E-state index contributed by atoms with van der Waals surface area (Å²) in [4.78, 5) is 12.0. The standard InChI is InChI=1S/C16H26O5/c1-5-18-15(19-6-2)13(17)10-11-16(3,4)21-14-9-7-8-12-20-14/h14-15H,5-9,12H2,1-4H3. The molecule has 0 aromatic carbocycles. The summed E-state index contributed by atoms with van der Waals surface area (Å²) in [7, 11) is 0. The molecular weight excluding hydrogens is 272 g/mol. The Morgan fingerprint density at radius 3 is 2.48 bits per heavy atom. The second-order valence-corrected chi connectivity index (χ2v) is 5.28. The number of hydrogen-bond acceptors (Lipinski definition) is 5. The lowest BCUT2D eigenvalue weighted by Crippen LogP contribution is -2.33. The van der Waals surface area contributed by atoms with Gasteiger partial charge in [0.05, 0.1) is 0 Å². The Balaban J connectivity index is 2.57. The molecule has 1 saturated heterocycles. The molecule has 0 saturated carbocycles. The van der Waals surface area contributed by atoms with Crippen LogP contribution in [-0.2, 0) is 23.7 Å². The van der Waals surface area contributed by atoms with Crippen molar-refractivity contribution in [1.29, 1.82) is 0 Å². The Hall–Kier alpha value is -0.930. The highest BCUT2D eigenvalue weighted by atomic mass is 16.7. The SMILES string of the molecule is CCOC(OCC)C(=O)C#CC(C)(C)OC1CCCCO1. The van der Waals surface area contributed by atoms with Crippen molar-refractivity contribution >= 4 is 5.78 Å². The number of carbonyl (C=O) groups excluding carboxylic acids is 1. The summed E-state index contributed by atoms with van der Waals surface area (Å²) in [6.07, 6.45) is 1.85. The fraction of sp³-hybridized carbons (Fsp3) is 0.812. The van der Waals surface area contributed by atoms with Crippen LogP contribution < -0.4 is 0 Å². The van der Waals surface area contributed by atoms with Crippen molar-refractivity contribution in [2.75, 3.05) is 19.8 Å². The molecule has 5 heteroatoms. The molecule has 0 amide bonds. The smallest absolute Gasteiger partial charge is 0.261 e. The van der Waals surface area contributed by atoms with Crippen molar-refractivity contribution in [1.82, 2.24) is 0 Å². The molecule has 0 radical (unpaired) electrons. The van der Waals surface area contributed by atoms with Gasteiger partial charge >= 0.3 is 0 Å². The molecule has 1 aliphatic heterocycles. The van der Waals surface area contributed by atoms with Gasteiger partial charge in [0.15, 0.2) is 6.29 Å². The number of carbonyl (C=O) groups is 1. The van der Waals surface area contributed by atoms with Crippen LogP contribution in [0.2, 0.25) is 0 Å². The monoisotopic (exact) mass is 298 g/mol. The predicted octanol–water partition coefficient (Wildman–Crippen LogP) is 2.28. The lowest BCUT2D eigenvalue weighted by molar-refractivity contribution is -0.199. The lowest BCUT2D eigenvalue weighted by atomic mass is 10.1. The van der Waals surface area contributed by atoms with Gasteiger partial charge in [-0.25, -0.2) is 0 Å². The highest BCUT2D eigenvalue weighted by Gasteiger charge is 2.25. The van der Waals surface area contributed by atoms with Gasteiger partial charge in [0.25, 0.3) is 5.78 Å². The van der Waals surface area contributed by atoms with E-state index in [1.807, 2.05) is 13.8 Å². The van der Waals surface area contributed by atoms with Gasteiger partial charge in [-0.3, -0.25) is 4.79 Å². The summed E-state index contributed by atoms with van der Waals surface area (Å²) in [5.41, 5.74) is -0.749. The van der Waals surface area contributed by atoms with Gasteiger partial charge in [-0.15, -0.1) is 0 Å². The van der Waals surface area contributed by atoms with Crippen molar-refractivity contribution in [2.45, 2.75) is 65.1 Å². The van der Waals surface area contributed by atoms with Crippen LogP contribution in [0.1, 0.15) is 47.0 Å². The maximum atomic E-state index is 12.0. The van der Waals surface area contributed by atoms with Gasteiger partial charge in [-0.05, 0) is 52.9 Å². The molecule has 21 heavy (non-hydrogen) atoms. The molecule has 0 spiro atoms. The largest absolute Gasteiger partial charge is 0.353 e. The van der Waals surface area contributed by atoms with E-state index in [2.05, 4.69) is 11.8 Å². The van der Waals surface area contributed by atoms with Crippen LogP contribution in [0.25, 0.3) is 0 Å². The number of ketones is 1. The molecule has 1 rings (SSSR count). The van der Waals surface area contributed by atoms with Crippen LogP contribution in [0.5, 0.6) is 0 Å². The summed E-state index contributed by atoms with van der Waals surface area (Å²) < 4.78 is 21.8. The van der Waals surface area contributed by atoms with E-state index in [4.69, 9.17) is 18.9 Å². The van der Waals surface area contributed by atoms with Gasteiger partial charge in [-0.1, -0.05) is 5.92 Å². The van der Waals surface area contributed by atoms with Gasteiger partial charge in [0, 0.05) is 19.8 Å². The fourth-order valence-electron chi connectivity index (χ4n) is 1.94. The first-order valence-corrected chi connectivity index (χ1v) is 7.58. The average molecular weight is 298 g/mol. The van der Waals surface area contributed by atoms with Crippen molar-refractivity contribution in [3.63, 3.8) is 0 Å². The van der Waals surface area contributed by atoms with Gasteiger partial charge in [0.2, 0.25) is 6.29 Å². The normalized spacial score (nSPS) is 19.2. The van der Waals surface area contributed by atoms with E-state index >= 15 is 0 Å². The van der Waals surface area contributed by atoms with E-state index in [9.17, 15) is 4.79 Å². The lowest BCUT2D eigenvalue weighted by Gasteiger charge is -2.29. The van der Waals surface area contributed by atoms with Crippen molar-refractivity contribution in [3.05, 3.63) is 0 Å². The molecule has 0 bridgehead atoms. The minimum absolute atomic E-state index is 0.243. The van der Waals surface area contributed by atoms with E-state index < -0.39 is 11.9 Å². The zero-order chi connectivity index (χ0) is 15.7. The number of hydrogen-bond donors (Lipinski definition) is 0. The summed E-state index contributed by atoms with van der Waals surface area (Å²) >= 11 is 0. The predicted molar refractivity (Wildman–Crippen MR) is 78.6 cm³/mol. The van der Waals surface area contributed by atoms with E-state index in [1.54, 1.807) is 13.8 Å². The minimum atomic E-state index is -0.922. The quantitative estimate of drug-likeness (QED) is 0.410. The van der Waals surface area contributed by atoms with Crippen molar-refractivity contribution < 1.29 is 23.7 Å². The molecule has 1 atom stereocenters. The molecule has 1 aliphatic rings. The Bertz CT molecular complexity index is 368. The molecule has 0 aromatic rings. The molecule has 1 heterocycles. The highest BCUT2D eigenvalue weighted by molar-refractivity contribution is 5.98. The molecule has 1 unspecified atom stereocenters. The Morgan fingerprint density at radius 1 is 1.29 bits per heavy atom. The molecule has 1 fully saturated rings. The Labute approximate surface area is 127 Å². The van der Waals surface area contributed by atoms with Crippen LogP contribution in [-0.4, -0.2) is 43.8 Å². The first-order chi connectivity index (χ1) is 9.98. The summed E-state index contributed by atoms with van der Waals surface area (Å²) in [5.74, 6) is 5.02. The maximum Gasteiger partial charge on any atom is 0.261 e. The average Bonchev–Trinajstić information content (AvgIpc) is 2.45. The zero-order valence-corrected chi connectivity index (χ0v) is 13.4. The summed E-state index contributed by atoms with van der Waals surface area (Å²) in [6.45, 7) is 8.76. The Morgan fingerprint density at radius 2 is 1.95 bits per heavy atom. The first-order valence-electron chi connectivity index (χ1n) is 7.58. The maximum absolute atomic E-state index is 12.0. The van der Waals surface area contributed by atoms with Gasteiger partial charge in [0.1, 0.15) is 5.60 Å². The van der Waals surface area contributed by atoms with Crippen molar-refractivity contribution in [2.24, 2.45) is 0 Å². The third-order valence-electron chi connectivity index (χ3n) is 2.90. The Kier molecular flexibility index (Phi) is 7.91. The van der Waals surface area contributed by atoms with E-state index in [1.165, 1.54) is 0 Å². The zero-order valence-electron chi connectivity index (χ0n) is 13.4. The fourth-order valence-corrected chi connectivity index (χ4v) is 1.94. The molecular formula is C16H26O5. The summed E-state index contributed by atoms with van der Waals surface area (Å²) in [6, 6.07) is 0. The minimum Gasteiger partial charge on any atom is -0.353 e. The van der Waals surface area contributed by atoms with Gasteiger partial charge in [-0.2, -0.15) is 0 Å². The second kappa shape index (κ2) is 9.16. The van der Waals surface area contributed by atoms with Gasteiger partial charge < -0.3 is 18.9 Å². The second-order valence-electron chi connectivity index (χ2n) is 5.28. The van der Waals surface area contributed by atoms with Crippen LogP contribution in [0.4, 0.5) is 0 Å². The van der Waals surface area contributed by atoms with Crippen molar-refractivity contribution in [3.8, 4) is 11.8 Å². The third kappa shape index (κ3) is 7.05. The number of ether oxygens (including phenoxy) is 4. The topological polar surface area (TPSA) is 54.0 Å². The molecule has 5 nitrogen and oxygen atoms in total. The van der Waals surface area contributed by atoms with Crippen LogP contribution in [0.15, 0.2) is 0 Å². The first kappa shape index (κ1) is 18.1. The van der Waals surface area contributed by atoms with E-state index in [-0.39, 0.29) is 12.1 Å². The third-order valence-corrected chi connectivity index (χ3v) is 2.90.